The third-order valence-corrected chi connectivity index (χ3v) is 3.71. The van der Waals surface area contributed by atoms with E-state index in [1.54, 1.807) is 0 Å². The average Bonchev–Trinajstić information content (AvgIpc) is 2.38. The Labute approximate surface area is 111 Å². The van der Waals surface area contributed by atoms with E-state index in [0.29, 0.717) is 5.92 Å². The van der Waals surface area contributed by atoms with E-state index < -0.39 is 0 Å². The maximum absolute atomic E-state index is 11.7. The molecule has 2 atom stereocenters. The second-order valence-corrected chi connectivity index (χ2v) is 5.40. The van der Waals surface area contributed by atoms with E-state index in [2.05, 4.69) is 24.2 Å². The quantitative estimate of drug-likeness (QED) is 0.703. The van der Waals surface area contributed by atoms with E-state index in [1.165, 1.54) is 26.5 Å². The fraction of sp³-hybridized carbons (Fsp3) is 0.929. The number of piperidine rings is 1. The van der Waals surface area contributed by atoms with Gasteiger partial charge in [-0.15, -0.1) is 0 Å². The minimum atomic E-state index is -0.123. The van der Waals surface area contributed by atoms with Gasteiger partial charge in [0.05, 0.1) is 7.11 Å². The van der Waals surface area contributed by atoms with Gasteiger partial charge < -0.3 is 15.0 Å². The molecule has 1 saturated heterocycles. The summed E-state index contributed by atoms with van der Waals surface area (Å²) in [5, 5.41) is 3.39. The van der Waals surface area contributed by atoms with Crippen LogP contribution in [0.25, 0.3) is 0 Å². The van der Waals surface area contributed by atoms with Crippen LogP contribution >= 0.6 is 0 Å². The fourth-order valence-electron chi connectivity index (χ4n) is 2.60. The van der Waals surface area contributed by atoms with Crippen molar-refractivity contribution in [1.82, 2.24) is 10.2 Å². The molecule has 18 heavy (non-hydrogen) atoms. The Morgan fingerprint density at radius 3 is 2.94 bits per heavy atom. The number of esters is 1. The number of hydrogen-bond donors (Lipinski definition) is 1. The molecule has 1 fully saturated rings. The number of hydrogen-bond acceptors (Lipinski definition) is 4. The van der Waals surface area contributed by atoms with Gasteiger partial charge in [-0.3, -0.25) is 4.79 Å². The molecule has 0 saturated carbocycles. The molecular formula is C14H28N2O2. The van der Waals surface area contributed by atoms with Crippen LogP contribution in [-0.4, -0.2) is 50.7 Å². The predicted molar refractivity (Wildman–Crippen MR) is 73.6 cm³/mol. The Bertz CT molecular complexity index is 246. The molecule has 4 heteroatoms. The smallest absolute Gasteiger partial charge is 0.322 e. The highest BCUT2D eigenvalue weighted by molar-refractivity contribution is 5.75. The van der Waals surface area contributed by atoms with Crippen molar-refractivity contribution in [3.05, 3.63) is 0 Å². The van der Waals surface area contributed by atoms with Crippen molar-refractivity contribution in [2.24, 2.45) is 5.92 Å². The first kappa shape index (κ1) is 15.4. The Balaban J connectivity index is 2.33. The van der Waals surface area contributed by atoms with Crippen LogP contribution in [0.1, 0.15) is 39.0 Å². The molecule has 1 aliphatic rings. The molecule has 2 unspecified atom stereocenters. The number of nitrogens with zero attached hydrogens (tertiary/aromatic N) is 1. The van der Waals surface area contributed by atoms with Crippen LogP contribution in [0.3, 0.4) is 0 Å². The molecule has 0 aliphatic carbocycles. The lowest BCUT2D eigenvalue weighted by Crippen LogP contribution is -2.43. The second-order valence-electron chi connectivity index (χ2n) is 5.40. The maximum atomic E-state index is 11.7. The molecule has 0 bridgehead atoms. The van der Waals surface area contributed by atoms with Crippen molar-refractivity contribution < 1.29 is 9.53 Å². The molecule has 0 spiro atoms. The molecule has 1 aliphatic heterocycles. The normalized spacial score (nSPS) is 22.7. The van der Waals surface area contributed by atoms with E-state index in [4.69, 9.17) is 4.74 Å². The number of methoxy groups -OCH3 is 1. The van der Waals surface area contributed by atoms with Crippen molar-refractivity contribution in [3.63, 3.8) is 0 Å². The maximum Gasteiger partial charge on any atom is 0.322 e. The van der Waals surface area contributed by atoms with Gasteiger partial charge in [0, 0.05) is 6.54 Å². The van der Waals surface area contributed by atoms with Gasteiger partial charge in [0.25, 0.3) is 0 Å². The Morgan fingerprint density at radius 2 is 2.33 bits per heavy atom. The molecule has 0 aromatic carbocycles. The summed E-state index contributed by atoms with van der Waals surface area (Å²) in [5.41, 5.74) is 0. The number of likely N-dealkylation sites (tertiary alicyclic amines) is 1. The molecular weight excluding hydrogens is 228 g/mol. The summed E-state index contributed by atoms with van der Waals surface area (Å²) in [6, 6.07) is -0.123. The van der Waals surface area contributed by atoms with Crippen molar-refractivity contribution in [2.75, 3.05) is 33.8 Å². The van der Waals surface area contributed by atoms with E-state index >= 15 is 0 Å². The van der Waals surface area contributed by atoms with E-state index in [-0.39, 0.29) is 12.0 Å². The highest BCUT2D eigenvalue weighted by Crippen LogP contribution is 2.14. The fourth-order valence-corrected chi connectivity index (χ4v) is 2.60. The van der Waals surface area contributed by atoms with Crippen molar-refractivity contribution in [1.29, 1.82) is 0 Å². The Morgan fingerprint density at radius 1 is 1.56 bits per heavy atom. The van der Waals surface area contributed by atoms with Crippen LogP contribution in [0.5, 0.6) is 0 Å². The predicted octanol–water partition coefficient (Wildman–Crippen LogP) is 1.65. The first-order chi connectivity index (χ1) is 8.67. The van der Waals surface area contributed by atoms with Gasteiger partial charge in [0.2, 0.25) is 0 Å². The first-order valence-corrected chi connectivity index (χ1v) is 7.17. The highest BCUT2D eigenvalue weighted by Gasteiger charge is 2.22. The number of rotatable bonds is 7. The lowest BCUT2D eigenvalue weighted by molar-refractivity contribution is -0.143. The van der Waals surface area contributed by atoms with Crippen LogP contribution in [0, 0.1) is 5.92 Å². The highest BCUT2D eigenvalue weighted by atomic mass is 16.5. The zero-order valence-electron chi connectivity index (χ0n) is 12.1. The number of carbonyl (C=O) groups is 1. The molecule has 106 valence electrons. The monoisotopic (exact) mass is 256 g/mol. The third kappa shape index (κ3) is 5.36. The number of nitrogens with one attached hydrogen (secondary N) is 1. The van der Waals surface area contributed by atoms with Gasteiger partial charge >= 0.3 is 5.97 Å². The largest absolute Gasteiger partial charge is 0.468 e. The minimum Gasteiger partial charge on any atom is -0.468 e. The van der Waals surface area contributed by atoms with Gasteiger partial charge in [-0.25, -0.2) is 0 Å². The first-order valence-electron chi connectivity index (χ1n) is 7.17. The Kier molecular flexibility index (Phi) is 7.28. The standard InChI is InChI=1S/C14H28N2O2/c1-4-5-8-13(14(17)18-3)15-10-12-7-6-9-16(2)11-12/h12-13,15H,4-11H2,1-3H3. The molecule has 4 nitrogen and oxygen atoms in total. The molecule has 0 amide bonds. The van der Waals surface area contributed by atoms with E-state index in [1.807, 2.05) is 0 Å². The summed E-state index contributed by atoms with van der Waals surface area (Å²) in [6.07, 6.45) is 5.59. The lowest BCUT2D eigenvalue weighted by Gasteiger charge is -2.30. The Hall–Kier alpha value is -0.610. The summed E-state index contributed by atoms with van der Waals surface area (Å²) in [6.45, 7) is 5.40. The van der Waals surface area contributed by atoms with Gasteiger partial charge in [-0.1, -0.05) is 19.8 Å². The van der Waals surface area contributed by atoms with E-state index in [9.17, 15) is 4.79 Å². The summed E-state index contributed by atoms with van der Waals surface area (Å²) < 4.78 is 4.86. The van der Waals surface area contributed by atoms with Crippen LogP contribution in [-0.2, 0) is 9.53 Å². The van der Waals surface area contributed by atoms with Crippen molar-refractivity contribution in [2.45, 2.75) is 45.1 Å². The van der Waals surface area contributed by atoms with Gasteiger partial charge in [-0.05, 0) is 45.3 Å². The summed E-state index contributed by atoms with van der Waals surface area (Å²) in [5.74, 6) is 0.546. The van der Waals surface area contributed by atoms with Crippen LogP contribution in [0.4, 0.5) is 0 Å². The summed E-state index contributed by atoms with van der Waals surface area (Å²) in [7, 11) is 3.64. The van der Waals surface area contributed by atoms with Crippen molar-refractivity contribution >= 4 is 5.97 Å². The number of unbranched alkanes of at least 4 members (excludes halogenated alkanes) is 1. The molecule has 0 aromatic rings. The van der Waals surface area contributed by atoms with Crippen molar-refractivity contribution in [3.8, 4) is 0 Å². The van der Waals surface area contributed by atoms with Gasteiger partial charge in [0.1, 0.15) is 6.04 Å². The molecule has 1 heterocycles. The number of ether oxygens (including phenoxy) is 1. The molecule has 1 N–H and O–H groups in total. The van der Waals surface area contributed by atoms with E-state index in [0.717, 1.165) is 32.4 Å². The topological polar surface area (TPSA) is 41.6 Å². The number of carbonyl (C=O) groups excluding carboxylic acids is 1. The van der Waals surface area contributed by atoms with Crippen LogP contribution < -0.4 is 5.32 Å². The van der Waals surface area contributed by atoms with Gasteiger partial charge in [-0.2, -0.15) is 0 Å². The SMILES string of the molecule is CCCCC(NCC1CCCN(C)C1)C(=O)OC. The van der Waals surface area contributed by atoms with Crippen LogP contribution in [0.15, 0.2) is 0 Å². The summed E-state index contributed by atoms with van der Waals surface area (Å²) >= 11 is 0. The van der Waals surface area contributed by atoms with Gasteiger partial charge in [0.15, 0.2) is 0 Å². The third-order valence-electron chi connectivity index (χ3n) is 3.71. The zero-order valence-corrected chi connectivity index (χ0v) is 12.1. The summed E-state index contributed by atoms with van der Waals surface area (Å²) in [4.78, 5) is 14.0. The zero-order chi connectivity index (χ0) is 13.4. The molecule has 0 aromatic heterocycles. The average molecular weight is 256 g/mol. The second kappa shape index (κ2) is 8.48. The molecule has 1 rings (SSSR count). The molecule has 0 radical (unpaired) electrons. The lowest BCUT2D eigenvalue weighted by atomic mass is 9.98. The van der Waals surface area contributed by atoms with Crippen LogP contribution in [0.2, 0.25) is 0 Å². The minimum absolute atomic E-state index is 0.118.